The van der Waals surface area contributed by atoms with Crippen molar-refractivity contribution in [3.63, 3.8) is 0 Å². The smallest absolute Gasteiger partial charge is 0.420 e. The van der Waals surface area contributed by atoms with E-state index in [2.05, 4.69) is 0 Å². The number of halogens is 7. The van der Waals surface area contributed by atoms with E-state index in [0.717, 1.165) is 18.9 Å². The molecule has 1 aliphatic heterocycles. The summed E-state index contributed by atoms with van der Waals surface area (Å²) in [5.41, 5.74) is 0. The van der Waals surface area contributed by atoms with Gasteiger partial charge in [0.15, 0.2) is 9.04 Å². The van der Waals surface area contributed by atoms with Crippen molar-refractivity contribution in [2.75, 3.05) is 6.61 Å². The first kappa shape index (κ1) is 16.7. The van der Waals surface area contributed by atoms with Crippen LogP contribution in [0.25, 0.3) is 0 Å². The van der Waals surface area contributed by atoms with Crippen LogP contribution in [-0.2, 0) is 4.43 Å². The van der Waals surface area contributed by atoms with Crippen LogP contribution in [0.1, 0.15) is 25.7 Å². The first-order valence-electron chi connectivity index (χ1n) is 6.02. The SMILES string of the molecule is FC(F)(F)C(F)(F)C(F)(F)CCC[SiH]1CCCCO1. The first-order chi connectivity index (χ1) is 8.58. The molecule has 19 heavy (non-hydrogen) atoms. The molecule has 0 aromatic carbocycles. The summed E-state index contributed by atoms with van der Waals surface area (Å²) in [6.45, 7) is 0.534. The molecule has 1 rings (SSSR count). The molecule has 9 heteroatoms. The molecule has 1 heterocycles. The highest BCUT2D eigenvalue weighted by molar-refractivity contribution is 6.51. The zero-order valence-corrected chi connectivity index (χ0v) is 11.2. The zero-order valence-electron chi connectivity index (χ0n) is 10.1. The summed E-state index contributed by atoms with van der Waals surface area (Å²) in [7, 11) is -1.67. The van der Waals surface area contributed by atoms with E-state index < -0.39 is 33.5 Å². The lowest BCUT2D eigenvalue weighted by atomic mass is 10.1. The Hall–Kier alpha value is -0.313. The van der Waals surface area contributed by atoms with Crippen LogP contribution in [0.15, 0.2) is 0 Å². The van der Waals surface area contributed by atoms with Gasteiger partial charge in [-0.1, -0.05) is 6.42 Å². The molecule has 1 nitrogen and oxygen atoms in total. The zero-order chi connectivity index (χ0) is 14.7. The van der Waals surface area contributed by atoms with E-state index in [0.29, 0.717) is 6.61 Å². The van der Waals surface area contributed by atoms with Crippen molar-refractivity contribution in [1.82, 2.24) is 0 Å². The van der Waals surface area contributed by atoms with Crippen LogP contribution >= 0.6 is 0 Å². The van der Waals surface area contributed by atoms with Crippen molar-refractivity contribution in [1.29, 1.82) is 0 Å². The summed E-state index contributed by atoms with van der Waals surface area (Å²) in [6, 6.07) is 0.977. The molecule has 114 valence electrons. The summed E-state index contributed by atoms with van der Waals surface area (Å²) in [5, 5.41) is 0. The van der Waals surface area contributed by atoms with Crippen molar-refractivity contribution in [2.45, 2.75) is 55.8 Å². The highest BCUT2D eigenvalue weighted by Crippen LogP contribution is 2.48. The summed E-state index contributed by atoms with van der Waals surface area (Å²) in [5.74, 6) is -11.0. The highest BCUT2D eigenvalue weighted by atomic mass is 28.3. The molecular weight excluding hydrogens is 297 g/mol. The maximum absolute atomic E-state index is 13.0. The second-order valence-corrected chi connectivity index (χ2v) is 7.39. The van der Waals surface area contributed by atoms with Gasteiger partial charge in [0.25, 0.3) is 0 Å². The Balaban J connectivity index is 2.45. The van der Waals surface area contributed by atoms with Crippen LogP contribution in [0.2, 0.25) is 12.1 Å². The van der Waals surface area contributed by atoms with E-state index in [-0.39, 0.29) is 12.5 Å². The maximum atomic E-state index is 13.0. The molecule has 1 unspecified atom stereocenters. The van der Waals surface area contributed by atoms with Crippen molar-refractivity contribution < 1.29 is 35.2 Å². The van der Waals surface area contributed by atoms with Crippen molar-refractivity contribution in [2.24, 2.45) is 0 Å². The topological polar surface area (TPSA) is 9.23 Å². The van der Waals surface area contributed by atoms with E-state index >= 15 is 0 Å². The number of rotatable bonds is 5. The molecule has 0 aromatic rings. The molecule has 1 fully saturated rings. The largest absolute Gasteiger partial charge is 0.459 e. The van der Waals surface area contributed by atoms with Crippen LogP contribution in [0.4, 0.5) is 30.7 Å². The molecule has 0 spiro atoms. The summed E-state index contributed by atoms with van der Waals surface area (Å²) < 4.78 is 92.0. The van der Waals surface area contributed by atoms with Crippen LogP contribution in [0.5, 0.6) is 0 Å². The quantitative estimate of drug-likeness (QED) is 0.548. The van der Waals surface area contributed by atoms with Crippen molar-refractivity contribution >= 4 is 9.04 Å². The van der Waals surface area contributed by atoms with E-state index in [4.69, 9.17) is 4.43 Å². The molecule has 0 N–H and O–H groups in total. The van der Waals surface area contributed by atoms with Gasteiger partial charge in [-0.3, -0.25) is 0 Å². The monoisotopic (exact) mass is 312 g/mol. The molecule has 0 radical (unpaired) electrons. The minimum absolute atomic E-state index is 0.212. The molecule has 1 aliphatic rings. The van der Waals surface area contributed by atoms with E-state index in [1.807, 2.05) is 0 Å². The fraction of sp³-hybridized carbons (Fsp3) is 1.00. The third kappa shape index (κ3) is 4.07. The van der Waals surface area contributed by atoms with Gasteiger partial charge in [0.2, 0.25) is 0 Å². The first-order valence-corrected chi connectivity index (χ1v) is 8.12. The predicted molar refractivity (Wildman–Crippen MR) is 57.1 cm³/mol. The number of hydrogen-bond donors (Lipinski definition) is 0. The third-order valence-corrected chi connectivity index (χ3v) is 5.92. The Morgan fingerprint density at radius 2 is 1.58 bits per heavy atom. The third-order valence-electron chi connectivity index (χ3n) is 3.11. The maximum Gasteiger partial charge on any atom is 0.459 e. The summed E-state index contributed by atoms with van der Waals surface area (Å²) >= 11 is 0. The Kier molecular flexibility index (Phi) is 5.27. The molecule has 1 atom stereocenters. The standard InChI is InChI=1S/C10H15F7OSi/c11-8(12,9(13,14)10(15,16)17)4-3-7-19-6-2-1-5-18-19/h19H,1-7H2. The second-order valence-electron chi connectivity index (χ2n) is 4.66. The molecule has 0 amide bonds. The van der Waals surface area contributed by atoms with Crippen molar-refractivity contribution in [3.05, 3.63) is 0 Å². The highest BCUT2D eigenvalue weighted by Gasteiger charge is 2.72. The molecule has 0 bridgehead atoms. The summed E-state index contributed by atoms with van der Waals surface area (Å²) in [6.07, 6.45) is -6.27. The average Bonchev–Trinajstić information content (AvgIpc) is 2.28. The van der Waals surface area contributed by atoms with Gasteiger partial charge in [0.1, 0.15) is 0 Å². The average molecular weight is 312 g/mol. The van der Waals surface area contributed by atoms with Gasteiger partial charge in [-0.2, -0.15) is 30.7 Å². The normalized spacial score (nSPS) is 22.6. The van der Waals surface area contributed by atoms with E-state index in [1.165, 1.54) is 0 Å². The minimum atomic E-state index is -6.23. The number of hydrogen-bond acceptors (Lipinski definition) is 1. The van der Waals surface area contributed by atoms with Gasteiger partial charge in [-0.25, -0.2) is 0 Å². The Morgan fingerprint density at radius 3 is 2.05 bits per heavy atom. The predicted octanol–water partition coefficient (Wildman–Crippen LogP) is 4.13. The molecule has 0 aliphatic carbocycles. The van der Waals surface area contributed by atoms with Gasteiger partial charge in [0, 0.05) is 13.0 Å². The second kappa shape index (κ2) is 5.98. The Morgan fingerprint density at radius 1 is 0.947 bits per heavy atom. The molecule has 0 aromatic heterocycles. The van der Waals surface area contributed by atoms with Crippen LogP contribution in [-0.4, -0.2) is 33.7 Å². The van der Waals surface area contributed by atoms with Gasteiger partial charge >= 0.3 is 18.0 Å². The van der Waals surface area contributed by atoms with E-state index in [9.17, 15) is 30.7 Å². The van der Waals surface area contributed by atoms with Crippen LogP contribution < -0.4 is 0 Å². The lowest BCUT2D eigenvalue weighted by Crippen LogP contribution is -2.51. The minimum Gasteiger partial charge on any atom is -0.420 e. The van der Waals surface area contributed by atoms with Gasteiger partial charge < -0.3 is 4.43 Å². The summed E-state index contributed by atoms with van der Waals surface area (Å²) in [4.78, 5) is 0. The van der Waals surface area contributed by atoms with Gasteiger partial charge in [0.05, 0.1) is 0 Å². The van der Waals surface area contributed by atoms with Crippen LogP contribution in [0.3, 0.4) is 0 Å². The lowest BCUT2D eigenvalue weighted by Gasteiger charge is -2.28. The Labute approximate surface area is 107 Å². The number of alkyl halides is 7. The fourth-order valence-corrected chi connectivity index (χ4v) is 4.48. The van der Waals surface area contributed by atoms with Crippen LogP contribution in [0, 0.1) is 0 Å². The lowest BCUT2D eigenvalue weighted by molar-refractivity contribution is -0.355. The molecule has 0 saturated carbocycles. The van der Waals surface area contributed by atoms with Gasteiger partial charge in [-0.05, 0) is 24.9 Å². The fourth-order valence-electron chi connectivity index (χ4n) is 1.95. The Bertz CT molecular complexity index is 286. The molecule has 1 saturated heterocycles. The van der Waals surface area contributed by atoms with E-state index in [1.54, 1.807) is 0 Å². The van der Waals surface area contributed by atoms with Gasteiger partial charge in [-0.15, -0.1) is 0 Å². The van der Waals surface area contributed by atoms with Crippen molar-refractivity contribution in [3.8, 4) is 0 Å². The molecular formula is C10H15F7OSi.